The number of dihydropyridines is 1. The van der Waals surface area contributed by atoms with Crippen molar-refractivity contribution in [3.8, 4) is 5.75 Å². The Balaban J connectivity index is 2.14. The quantitative estimate of drug-likeness (QED) is 0.354. The second-order valence-corrected chi connectivity index (χ2v) is 9.06. The molecule has 5 nitrogen and oxygen atoms in total. The highest BCUT2D eigenvalue weighted by molar-refractivity contribution is 6.04. The van der Waals surface area contributed by atoms with E-state index in [1.807, 2.05) is 31.2 Å². The number of unbranched alkanes of at least 4 members (excludes halogenated alkanes) is 1. The summed E-state index contributed by atoms with van der Waals surface area (Å²) in [6.07, 6.45) is 4.69. The SMILES string of the molecule is C=CCOC(=O)C1=C(C)NC2=C(C(=O)CC(C)(C)C2)C1c1ccccc1OCCCC. The van der Waals surface area contributed by atoms with Crippen molar-refractivity contribution >= 4 is 11.8 Å². The summed E-state index contributed by atoms with van der Waals surface area (Å²) in [5, 5.41) is 3.35. The topological polar surface area (TPSA) is 64.6 Å². The minimum Gasteiger partial charge on any atom is -0.493 e. The molecule has 3 rings (SSSR count). The molecule has 1 aromatic rings. The van der Waals surface area contributed by atoms with E-state index in [-0.39, 0.29) is 17.8 Å². The van der Waals surface area contributed by atoms with Crippen molar-refractivity contribution < 1.29 is 19.1 Å². The summed E-state index contributed by atoms with van der Waals surface area (Å²) in [4.78, 5) is 26.4. The van der Waals surface area contributed by atoms with Crippen LogP contribution in [-0.4, -0.2) is 25.0 Å². The van der Waals surface area contributed by atoms with Gasteiger partial charge >= 0.3 is 5.97 Å². The summed E-state index contributed by atoms with van der Waals surface area (Å²) in [6.45, 7) is 12.5. The fourth-order valence-corrected chi connectivity index (χ4v) is 4.41. The van der Waals surface area contributed by atoms with E-state index < -0.39 is 11.9 Å². The number of esters is 1. The molecule has 0 bridgehead atoms. The van der Waals surface area contributed by atoms with Crippen molar-refractivity contribution in [3.05, 3.63) is 65.0 Å². The molecular weight excluding hydrogens is 390 g/mol. The molecule has 5 heteroatoms. The number of ketones is 1. The van der Waals surface area contributed by atoms with E-state index in [4.69, 9.17) is 9.47 Å². The van der Waals surface area contributed by atoms with Gasteiger partial charge in [-0.25, -0.2) is 4.79 Å². The summed E-state index contributed by atoms with van der Waals surface area (Å²) in [5.41, 5.74) is 3.41. The lowest BCUT2D eigenvalue weighted by molar-refractivity contribution is -0.138. The van der Waals surface area contributed by atoms with E-state index in [9.17, 15) is 9.59 Å². The minimum atomic E-state index is -0.519. The van der Waals surface area contributed by atoms with E-state index >= 15 is 0 Å². The summed E-state index contributed by atoms with van der Waals surface area (Å²) in [5.74, 6) is -0.194. The maximum absolute atomic E-state index is 13.4. The largest absolute Gasteiger partial charge is 0.493 e. The van der Waals surface area contributed by atoms with Crippen molar-refractivity contribution in [1.82, 2.24) is 5.32 Å². The number of hydrogen-bond donors (Lipinski definition) is 1. The number of rotatable bonds is 8. The highest BCUT2D eigenvalue weighted by Crippen LogP contribution is 2.48. The van der Waals surface area contributed by atoms with Crippen molar-refractivity contribution in [3.63, 3.8) is 0 Å². The predicted molar refractivity (Wildman–Crippen MR) is 122 cm³/mol. The number of nitrogens with one attached hydrogen (secondary N) is 1. The van der Waals surface area contributed by atoms with Crippen LogP contribution in [0.4, 0.5) is 0 Å². The molecule has 1 aliphatic carbocycles. The van der Waals surface area contributed by atoms with Gasteiger partial charge in [-0.1, -0.05) is 58.0 Å². The van der Waals surface area contributed by atoms with E-state index in [0.29, 0.717) is 35.6 Å². The van der Waals surface area contributed by atoms with Crippen LogP contribution in [0.1, 0.15) is 64.9 Å². The molecule has 0 fully saturated rings. The lowest BCUT2D eigenvalue weighted by atomic mass is 9.68. The van der Waals surface area contributed by atoms with Gasteiger partial charge in [-0.3, -0.25) is 4.79 Å². The maximum Gasteiger partial charge on any atom is 0.337 e. The molecule has 1 aromatic carbocycles. The van der Waals surface area contributed by atoms with Crippen molar-refractivity contribution in [2.75, 3.05) is 13.2 Å². The Bertz CT molecular complexity index is 938. The third-order valence-corrected chi connectivity index (χ3v) is 5.78. The number of benzene rings is 1. The molecule has 0 radical (unpaired) electrons. The van der Waals surface area contributed by atoms with Crippen LogP contribution in [0.3, 0.4) is 0 Å². The number of carbonyl (C=O) groups excluding carboxylic acids is 2. The van der Waals surface area contributed by atoms with Gasteiger partial charge in [0.15, 0.2) is 5.78 Å². The third-order valence-electron chi connectivity index (χ3n) is 5.78. The zero-order valence-electron chi connectivity index (χ0n) is 19.0. The number of carbonyl (C=O) groups is 2. The fourth-order valence-electron chi connectivity index (χ4n) is 4.41. The van der Waals surface area contributed by atoms with E-state index in [1.165, 1.54) is 0 Å². The highest BCUT2D eigenvalue weighted by Gasteiger charge is 2.43. The van der Waals surface area contributed by atoms with E-state index in [1.54, 1.807) is 6.08 Å². The lowest BCUT2D eigenvalue weighted by Crippen LogP contribution is -2.38. The van der Waals surface area contributed by atoms with Crippen LogP contribution < -0.4 is 10.1 Å². The zero-order valence-corrected chi connectivity index (χ0v) is 19.0. The third kappa shape index (κ3) is 4.92. The molecule has 0 saturated carbocycles. The zero-order chi connectivity index (χ0) is 22.6. The second kappa shape index (κ2) is 9.54. The molecule has 1 unspecified atom stereocenters. The van der Waals surface area contributed by atoms with E-state index in [0.717, 1.165) is 30.5 Å². The Hall–Kier alpha value is -2.82. The second-order valence-electron chi connectivity index (χ2n) is 9.06. The Kier molecular flexibility index (Phi) is 7.04. The molecule has 0 saturated heterocycles. The van der Waals surface area contributed by atoms with Gasteiger partial charge in [0.1, 0.15) is 12.4 Å². The van der Waals surface area contributed by atoms with Gasteiger partial charge in [0.25, 0.3) is 0 Å². The first-order valence-electron chi connectivity index (χ1n) is 11.0. The van der Waals surface area contributed by atoms with Gasteiger partial charge in [-0.2, -0.15) is 0 Å². The normalized spacial score (nSPS) is 20.1. The molecule has 1 aliphatic heterocycles. The Morgan fingerprint density at radius 1 is 1.29 bits per heavy atom. The summed E-state index contributed by atoms with van der Waals surface area (Å²) in [7, 11) is 0. The molecule has 2 aliphatic rings. The summed E-state index contributed by atoms with van der Waals surface area (Å²) < 4.78 is 11.5. The summed E-state index contributed by atoms with van der Waals surface area (Å²) in [6, 6.07) is 7.69. The van der Waals surface area contributed by atoms with Crippen molar-refractivity contribution in [2.24, 2.45) is 5.41 Å². The fraction of sp³-hybridized carbons (Fsp3) is 0.462. The first-order valence-corrected chi connectivity index (χ1v) is 11.0. The maximum atomic E-state index is 13.4. The van der Waals surface area contributed by atoms with Crippen LogP contribution >= 0.6 is 0 Å². The standard InChI is InChI=1S/C26H33NO4/c1-6-8-14-30-21-12-10-9-11-18(21)23-22(25(29)31-13-7-2)17(3)27-19-15-26(4,5)16-20(28)24(19)23/h7,9-12,23,27H,2,6,8,13-16H2,1,3-5H3. The molecule has 1 atom stereocenters. The van der Waals surface area contributed by atoms with E-state index in [2.05, 4.69) is 32.7 Å². The average Bonchev–Trinajstić information content (AvgIpc) is 2.70. The highest BCUT2D eigenvalue weighted by atomic mass is 16.5. The summed E-state index contributed by atoms with van der Waals surface area (Å²) >= 11 is 0. The molecule has 0 amide bonds. The van der Waals surface area contributed by atoms with Crippen LogP contribution in [0.2, 0.25) is 0 Å². The molecule has 1 heterocycles. The van der Waals surface area contributed by atoms with Gasteiger partial charge in [0.05, 0.1) is 18.1 Å². The molecule has 31 heavy (non-hydrogen) atoms. The lowest BCUT2D eigenvalue weighted by Gasteiger charge is -2.39. The Morgan fingerprint density at radius 3 is 2.74 bits per heavy atom. The molecule has 1 N–H and O–H groups in total. The van der Waals surface area contributed by atoms with Gasteiger partial charge in [-0.05, 0) is 31.2 Å². The van der Waals surface area contributed by atoms with Crippen LogP contribution in [0.15, 0.2) is 59.5 Å². The van der Waals surface area contributed by atoms with Crippen LogP contribution in [0, 0.1) is 5.41 Å². The smallest absolute Gasteiger partial charge is 0.337 e. The predicted octanol–water partition coefficient (Wildman–Crippen LogP) is 5.20. The Morgan fingerprint density at radius 2 is 2.03 bits per heavy atom. The van der Waals surface area contributed by atoms with Gasteiger partial charge in [0, 0.05) is 29.0 Å². The minimum absolute atomic E-state index is 0.0635. The monoisotopic (exact) mass is 423 g/mol. The molecular formula is C26H33NO4. The van der Waals surface area contributed by atoms with Crippen LogP contribution in [-0.2, 0) is 14.3 Å². The number of para-hydroxylation sites is 1. The number of hydrogen-bond acceptors (Lipinski definition) is 5. The van der Waals surface area contributed by atoms with Gasteiger partial charge in [-0.15, -0.1) is 0 Å². The number of Topliss-reactive ketones (excluding diaryl/α,β-unsaturated/α-hetero) is 1. The first kappa shape index (κ1) is 22.9. The molecule has 0 spiro atoms. The van der Waals surface area contributed by atoms with Gasteiger partial charge in [0.2, 0.25) is 0 Å². The number of ether oxygens (including phenoxy) is 2. The number of allylic oxidation sites excluding steroid dienone is 3. The van der Waals surface area contributed by atoms with Crippen LogP contribution in [0.25, 0.3) is 0 Å². The molecule has 166 valence electrons. The van der Waals surface area contributed by atoms with Crippen molar-refractivity contribution in [2.45, 2.75) is 59.3 Å². The Labute approximate surface area is 185 Å². The first-order chi connectivity index (χ1) is 14.8. The van der Waals surface area contributed by atoms with Gasteiger partial charge < -0.3 is 14.8 Å². The van der Waals surface area contributed by atoms with Crippen LogP contribution in [0.5, 0.6) is 5.75 Å². The average molecular weight is 424 g/mol. The molecule has 0 aromatic heterocycles. The van der Waals surface area contributed by atoms with Crippen molar-refractivity contribution in [1.29, 1.82) is 0 Å².